The van der Waals surface area contributed by atoms with Crippen LogP contribution in [0.2, 0.25) is 0 Å². The number of likely N-dealkylation sites (N-methyl/N-ethyl adjacent to an activating group) is 1. The van der Waals surface area contributed by atoms with E-state index in [4.69, 9.17) is 6.85 Å². The van der Waals surface area contributed by atoms with Crippen LogP contribution in [-0.2, 0) is 0 Å². The van der Waals surface area contributed by atoms with E-state index in [1.54, 1.807) is 37.3 Å². The Morgan fingerprint density at radius 1 is 1.50 bits per heavy atom. The SMILES string of the molecule is Cl.[2H]C([2H])([2H])C([2H])([2H])NC(C)C(O)c1ccccc1. The van der Waals surface area contributed by atoms with Gasteiger partial charge in [-0.25, -0.2) is 0 Å². The summed E-state index contributed by atoms with van der Waals surface area (Å²) >= 11 is 0. The third-order valence-electron chi connectivity index (χ3n) is 1.91. The summed E-state index contributed by atoms with van der Waals surface area (Å²) in [6, 6.07) is 7.99. The van der Waals surface area contributed by atoms with Crippen molar-refractivity contribution in [3.05, 3.63) is 35.9 Å². The minimum atomic E-state index is -2.78. The predicted molar refractivity (Wildman–Crippen MR) is 61.8 cm³/mol. The summed E-state index contributed by atoms with van der Waals surface area (Å²) in [6.45, 7) is -3.78. The van der Waals surface area contributed by atoms with Crippen LogP contribution in [0.4, 0.5) is 0 Å². The average molecular weight is 221 g/mol. The van der Waals surface area contributed by atoms with Crippen molar-refractivity contribution in [3.8, 4) is 0 Å². The molecular weight excluding hydrogens is 198 g/mol. The van der Waals surface area contributed by atoms with E-state index in [0.29, 0.717) is 5.56 Å². The number of aliphatic hydroxyl groups is 1. The molecule has 0 amide bonds. The third-order valence-corrected chi connectivity index (χ3v) is 1.91. The summed E-state index contributed by atoms with van der Waals surface area (Å²) in [5, 5.41) is 12.3. The van der Waals surface area contributed by atoms with Gasteiger partial charge < -0.3 is 10.4 Å². The van der Waals surface area contributed by atoms with Crippen molar-refractivity contribution in [1.29, 1.82) is 0 Å². The largest absolute Gasteiger partial charge is 0.387 e. The molecule has 1 aromatic carbocycles. The summed E-state index contributed by atoms with van der Waals surface area (Å²) < 4.78 is 36.2. The van der Waals surface area contributed by atoms with E-state index in [2.05, 4.69) is 5.32 Å². The number of halogens is 1. The van der Waals surface area contributed by atoms with E-state index in [9.17, 15) is 5.11 Å². The van der Waals surface area contributed by atoms with Gasteiger partial charge in [-0.05, 0) is 19.0 Å². The molecular formula is C11H18ClNO. The Bertz CT molecular complexity index is 384. The zero-order valence-electron chi connectivity index (χ0n) is 12.9. The van der Waals surface area contributed by atoms with E-state index in [0.717, 1.165) is 0 Å². The highest BCUT2D eigenvalue weighted by Crippen LogP contribution is 2.15. The standard InChI is InChI=1S/C11H17NO.ClH/c1-3-12-9(2)11(13)10-7-5-4-6-8-10;/h4-9,11-13H,3H2,1-2H3;1H/i1D3,3D2;. The topological polar surface area (TPSA) is 32.3 Å². The molecule has 0 spiro atoms. The molecule has 2 nitrogen and oxygen atoms in total. The molecule has 0 fully saturated rings. The maximum atomic E-state index is 10.0. The minimum absolute atomic E-state index is 0. The number of aliphatic hydroxyl groups excluding tert-OH is 1. The molecule has 80 valence electrons. The molecule has 0 bridgehead atoms. The molecule has 0 radical (unpaired) electrons. The molecule has 3 heteroatoms. The Hall–Kier alpha value is -0.570. The second-order valence-corrected chi connectivity index (χ2v) is 2.91. The maximum absolute atomic E-state index is 10.0. The molecule has 0 aliphatic carbocycles. The lowest BCUT2D eigenvalue weighted by Crippen LogP contribution is -2.31. The Morgan fingerprint density at radius 2 is 2.14 bits per heavy atom. The highest BCUT2D eigenvalue weighted by Gasteiger charge is 2.13. The second-order valence-electron chi connectivity index (χ2n) is 2.91. The summed E-state index contributed by atoms with van der Waals surface area (Å²) in [5.74, 6) is 0. The van der Waals surface area contributed by atoms with Gasteiger partial charge in [0.25, 0.3) is 0 Å². The van der Waals surface area contributed by atoms with Crippen LogP contribution in [0.25, 0.3) is 0 Å². The zero-order valence-corrected chi connectivity index (χ0v) is 8.71. The summed E-state index contributed by atoms with van der Waals surface area (Å²) in [4.78, 5) is 0. The van der Waals surface area contributed by atoms with Gasteiger partial charge >= 0.3 is 0 Å². The van der Waals surface area contributed by atoms with E-state index in [1.165, 1.54) is 0 Å². The van der Waals surface area contributed by atoms with Crippen LogP contribution in [0.15, 0.2) is 30.3 Å². The van der Waals surface area contributed by atoms with Crippen molar-refractivity contribution < 1.29 is 12.0 Å². The van der Waals surface area contributed by atoms with Gasteiger partial charge in [-0.2, -0.15) is 0 Å². The lowest BCUT2D eigenvalue weighted by Gasteiger charge is -2.19. The average Bonchev–Trinajstić information content (AvgIpc) is 2.27. The van der Waals surface area contributed by atoms with Crippen LogP contribution in [0.3, 0.4) is 0 Å². The Labute approximate surface area is 98.8 Å². The highest BCUT2D eigenvalue weighted by molar-refractivity contribution is 5.85. The van der Waals surface area contributed by atoms with Gasteiger partial charge in [0.05, 0.1) is 6.10 Å². The first-order valence-corrected chi connectivity index (χ1v) is 4.16. The van der Waals surface area contributed by atoms with Gasteiger partial charge in [0, 0.05) is 12.9 Å². The molecule has 0 aliphatic rings. The van der Waals surface area contributed by atoms with Crippen molar-refractivity contribution >= 4 is 12.4 Å². The molecule has 14 heavy (non-hydrogen) atoms. The van der Waals surface area contributed by atoms with Crippen molar-refractivity contribution in [2.75, 3.05) is 6.50 Å². The number of hydrogen-bond donors (Lipinski definition) is 2. The molecule has 0 saturated carbocycles. The van der Waals surface area contributed by atoms with Gasteiger partial charge in [0.1, 0.15) is 0 Å². The van der Waals surface area contributed by atoms with Gasteiger partial charge in [-0.3, -0.25) is 0 Å². The Morgan fingerprint density at radius 3 is 2.71 bits per heavy atom. The van der Waals surface area contributed by atoms with Crippen LogP contribution in [0, 0.1) is 0 Å². The summed E-state index contributed by atoms with van der Waals surface area (Å²) in [6.07, 6.45) is -0.969. The number of hydrogen-bond acceptors (Lipinski definition) is 2. The van der Waals surface area contributed by atoms with E-state index in [-0.39, 0.29) is 12.4 Å². The molecule has 0 aliphatic heterocycles. The fourth-order valence-electron chi connectivity index (χ4n) is 1.13. The molecule has 2 atom stereocenters. The normalized spacial score (nSPS) is 21.4. The smallest absolute Gasteiger partial charge is 0.0940 e. The van der Waals surface area contributed by atoms with Crippen LogP contribution in [0.1, 0.15) is 32.3 Å². The first kappa shape index (κ1) is 6.83. The first-order chi connectivity index (χ1) is 8.15. The van der Waals surface area contributed by atoms with Crippen molar-refractivity contribution in [1.82, 2.24) is 5.32 Å². The fraction of sp³-hybridized carbons (Fsp3) is 0.455. The molecule has 0 heterocycles. The second kappa shape index (κ2) is 6.82. The number of benzene rings is 1. The van der Waals surface area contributed by atoms with E-state index in [1.807, 2.05) is 0 Å². The molecule has 2 N–H and O–H groups in total. The van der Waals surface area contributed by atoms with Gasteiger partial charge in [0.15, 0.2) is 0 Å². The Kier molecular flexibility index (Phi) is 3.33. The monoisotopic (exact) mass is 220 g/mol. The lowest BCUT2D eigenvalue weighted by atomic mass is 10.0. The van der Waals surface area contributed by atoms with Gasteiger partial charge in [-0.1, -0.05) is 37.2 Å². The summed E-state index contributed by atoms with van der Waals surface area (Å²) in [5.41, 5.74) is 0.610. The zero-order chi connectivity index (χ0) is 14.0. The van der Waals surface area contributed by atoms with E-state index >= 15 is 0 Å². The molecule has 1 rings (SSSR count). The minimum Gasteiger partial charge on any atom is -0.387 e. The van der Waals surface area contributed by atoms with Crippen LogP contribution in [-0.4, -0.2) is 17.6 Å². The summed E-state index contributed by atoms with van der Waals surface area (Å²) in [7, 11) is 0. The first-order valence-electron chi connectivity index (χ1n) is 6.66. The molecule has 0 aromatic heterocycles. The predicted octanol–water partition coefficient (Wildman–Crippen LogP) is 2.14. The highest BCUT2D eigenvalue weighted by atomic mass is 35.5. The maximum Gasteiger partial charge on any atom is 0.0940 e. The van der Waals surface area contributed by atoms with Crippen LogP contribution >= 0.6 is 12.4 Å². The lowest BCUT2D eigenvalue weighted by molar-refractivity contribution is 0.137. The van der Waals surface area contributed by atoms with Gasteiger partial charge in [-0.15, -0.1) is 12.4 Å². The van der Waals surface area contributed by atoms with Crippen LogP contribution in [0.5, 0.6) is 0 Å². The van der Waals surface area contributed by atoms with Gasteiger partial charge in [0.2, 0.25) is 0 Å². The van der Waals surface area contributed by atoms with Crippen molar-refractivity contribution in [3.63, 3.8) is 0 Å². The fourth-order valence-corrected chi connectivity index (χ4v) is 1.13. The Balaban J connectivity index is 0.00000324. The van der Waals surface area contributed by atoms with Crippen molar-refractivity contribution in [2.45, 2.75) is 25.9 Å². The third kappa shape index (κ3) is 3.66. The number of rotatable bonds is 4. The quantitative estimate of drug-likeness (QED) is 0.815. The molecule has 2 unspecified atom stereocenters. The molecule has 1 aromatic rings. The van der Waals surface area contributed by atoms with Crippen molar-refractivity contribution in [2.24, 2.45) is 0 Å². The molecule has 0 saturated heterocycles. The number of nitrogens with one attached hydrogen (secondary N) is 1. The van der Waals surface area contributed by atoms with E-state index < -0.39 is 25.5 Å². The van der Waals surface area contributed by atoms with Crippen LogP contribution < -0.4 is 5.32 Å².